The second-order valence-corrected chi connectivity index (χ2v) is 6.01. The second-order valence-electron chi connectivity index (χ2n) is 6.01. The molecule has 0 bridgehead atoms. The van der Waals surface area contributed by atoms with Crippen molar-refractivity contribution in [1.29, 1.82) is 0 Å². The van der Waals surface area contributed by atoms with Crippen LogP contribution < -0.4 is 10.6 Å². The van der Waals surface area contributed by atoms with E-state index in [4.69, 9.17) is 0 Å². The molecule has 0 unspecified atom stereocenters. The Morgan fingerprint density at radius 2 is 1.94 bits per heavy atom. The Morgan fingerprint density at radius 3 is 2.53 bits per heavy atom. The molecule has 1 aliphatic rings. The van der Waals surface area contributed by atoms with Crippen LogP contribution >= 0.6 is 0 Å². The number of amides is 1. The lowest BCUT2D eigenvalue weighted by Gasteiger charge is -2.23. The van der Waals surface area contributed by atoms with Gasteiger partial charge in [0, 0.05) is 19.0 Å². The lowest BCUT2D eigenvalue weighted by molar-refractivity contribution is -0.121. The van der Waals surface area contributed by atoms with Gasteiger partial charge in [-0.2, -0.15) is 0 Å². The molecule has 3 nitrogen and oxygen atoms in total. The van der Waals surface area contributed by atoms with Crippen molar-refractivity contribution in [2.75, 3.05) is 13.1 Å². The van der Waals surface area contributed by atoms with Gasteiger partial charge in [0.15, 0.2) is 0 Å². The van der Waals surface area contributed by atoms with Gasteiger partial charge < -0.3 is 10.6 Å². The summed E-state index contributed by atoms with van der Waals surface area (Å²) >= 11 is 0. The molecule has 1 rings (SSSR count). The molecule has 0 spiro atoms. The van der Waals surface area contributed by atoms with Crippen LogP contribution in [-0.4, -0.2) is 25.0 Å². The smallest absolute Gasteiger partial charge is 0.220 e. The highest BCUT2D eigenvalue weighted by molar-refractivity contribution is 5.75. The van der Waals surface area contributed by atoms with Gasteiger partial charge >= 0.3 is 0 Å². The molecule has 2 N–H and O–H groups in total. The van der Waals surface area contributed by atoms with Gasteiger partial charge in [0.2, 0.25) is 5.91 Å². The molecule has 0 atom stereocenters. The van der Waals surface area contributed by atoms with E-state index in [1.807, 2.05) is 0 Å². The average molecular weight is 240 g/mol. The fraction of sp³-hybridized carbons (Fsp3) is 0.929. The van der Waals surface area contributed by atoms with Crippen LogP contribution in [0.3, 0.4) is 0 Å². The normalized spacial score (nSPS) is 18.6. The summed E-state index contributed by atoms with van der Waals surface area (Å²) in [6.45, 7) is 8.34. The molecule has 3 heteroatoms. The lowest BCUT2D eigenvalue weighted by Crippen LogP contribution is -2.34. The Hall–Kier alpha value is -0.570. The summed E-state index contributed by atoms with van der Waals surface area (Å²) in [6, 6.07) is 0.510. The van der Waals surface area contributed by atoms with Crippen LogP contribution in [-0.2, 0) is 4.79 Å². The molecule has 100 valence electrons. The number of carbonyl (C=O) groups is 1. The molecule has 0 aliphatic heterocycles. The topological polar surface area (TPSA) is 41.1 Å². The van der Waals surface area contributed by atoms with Crippen molar-refractivity contribution >= 4 is 5.91 Å². The van der Waals surface area contributed by atoms with Gasteiger partial charge in [-0.1, -0.05) is 33.6 Å². The monoisotopic (exact) mass is 240 g/mol. The van der Waals surface area contributed by atoms with Crippen molar-refractivity contribution in [3.63, 3.8) is 0 Å². The molecule has 1 saturated carbocycles. The minimum atomic E-state index is 0.212. The van der Waals surface area contributed by atoms with Crippen LogP contribution in [0.15, 0.2) is 0 Å². The van der Waals surface area contributed by atoms with E-state index in [2.05, 4.69) is 31.4 Å². The first-order valence-electron chi connectivity index (χ1n) is 7.02. The molecule has 0 aromatic rings. The van der Waals surface area contributed by atoms with E-state index in [1.165, 1.54) is 25.7 Å². The van der Waals surface area contributed by atoms with Crippen LogP contribution in [0.2, 0.25) is 0 Å². The van der Waals surface area contributed by atoms with E-state index in [1.54, 1.807) is 0 Å². The third-order valence-corrected chi connectivity index (χ3v) is 3.66. The summed E-state index contributed by atoms with van der Waals surface area (Å²) in [5.74, 6) is 0.212. The molecule has 17 heavy (non-hydrogen) atoms. The minimum absolute atomic E-state index is 0.212. The highest BCUT2D eigenvalue weighted by atomic mass is 16.1. The molecule has 1 fully saturated rings. The Labute approximate surface area is 106 Å². The van der Waals surface area contributed by atoms with Gasteiger partial charge in [0.25, 0.3) is 0 Å². The van der Waals surface area contributed by atoms with Gasteiger partial charge in [-0.05, 0) is 31.2 Å². The number of carbonyl (C=O) groups excluding carboxylic acids is 1. The summed E-state index contributed by atoms with van der Waals surface area (Å²) in [5, 5.41) is 6.41. The summed E-state index contributed by atoms with van der Waals surface area (Å²) < 4.78 is 0. The van der Waals surface area contributed by atoms with Gasteiger partial charge in [-0.3, -0.25) is 4.79 Å². The first-order chi connectivity index (χ1) is 8.02. The number of hydrogen-bond donors (Lipinski definition) is 2. The molecule has 0 saturated heterocycles. The number of hydrogen-bond acceptors (Lipinski definition) is 2. The number of nitrogens with one attached hydrogen (secondary N) is 2. The van der Waals surface area contributed by atoms with Crippen LogP contribution in [0.1, 0.15) is 59.3 Å². The lowest BCUT2D eigenvalue weighted by atomic mass is 9.89. The zero-order valence-corrected chi connectivity index (χ0v) is 11.6. The summed E-state index contributed by atoms with van der Waals surface area (Å²) in [7, 11) is 0. The molecule has 1 amide bonds. The van der Waals surface area contributed by atoms with Crippen LogP contribution in [0, 0.1) is 5.41 Å². The Bertz CT molecular complexity index is 232. The number of rotatable bonds is 7. The van der Waals surface area contributed by atoms with Crippen molar-refractivity contribution < 1.29 is 4.79 Å². The third-order valence-electron chi connectivity index (χ3n) is 3.66. The Morgan fingerprint density at radius 1 is 1.29 bits per heavy atom. The maximum atomic E-state index is 11.6. The highest BCUT2D eigenvalue weighted by Crippen LogP contribution is 2.36. The second kappa shape index (κ2) is 7.00. The zero-order chi connectivity index (χ0) is 12.7. The zero-order valence-electron chi connectivity index (χ0n) is 11.6. The van der Waals surface area contributed by atoms with Crippen molar-refractivity contribution in [2.45, 2.75) is 65.3 Å². The Balaban J connectivity index is 2.05. The van der Waals surface area contributed by atoms with E-state index in [0.717, 1.165) is 19.5 Å². The summed E-state index contributed by atoms with van der Waals surface area (Å²) in [5.41, 5.74) is 0.367. The van der Waals surface area contributed by atoms with Crippen LogP contribution in [0.4, 0.5) is 0 Å². The van der Waals surface area contributed by atoms with E-state index < -0.39 is 0 Å². The largest absolute Gasteiger partial charge is 0.356 e. The molecule has 1 aliphatic carbocycles. The van der Waals surface area contributed by atoms with Gasteiger partial charge in [-0.25, -0.2) is 0 Å². The van der Waals surface area contributed by atoms with Crippen LogP contribution in [0.25, 0.3) is 0 Å². The molecule has 0 radical (unpaired) electrons. The van der Waals surface area contributed by atoms with Crippen molar-refractivity contribution in [1.82, 2.24) is 10.6 Å². The highest BCUT2D eigenvalue weighted by Gasteiger charge is 2.28. The maximum absolute atomic E-state index is 11.6. The quantitative estimate of drug-likeness (QED) is 0.671. The summed E-state index contributed by atoms with van der Waals surface area (Å²) in [4.78, 5) is 11.6. The van der Waals surface area contributed by atoms with Gasteiger partial charge in [-0.15, -0.1) is 0 Å². The fourth-order valence-electron chi connectivity index (χ4n) is 2.45. The van der Waals surface area contributed by atoms with E-state index in [9.17, 15) is 4.79 Å². The standard InChI is InChI=1S/C14H28N2O/c1-12(2)15-10-6-7-13(17)16-11-14(3)8-4-5-9-14/h12,15H,4-11H2,1-3H3,(H,16,17). The van der Waals surface area contributed by atoms with Gasteiger partial charge in [0.05, 0.1) is 0 Å². The minimum Gasteiger partial charge on any atom is -0.356 e. The third kappa shape index (κ3) is 6.06. The van der Waals surface area contributed by atoms with Crippen molar-refractivity contribution in [2.24, 2.45) is 5.41 Å². The molecular weight excluding hydrogens is 212 g/mol. The SMILES string of the molecule is CC(C)NCCCC(=O)NCC1(C)CCCC1. The molecular formula is C14H28N2O. The first-order valence-corrected chi connectivity index (χ1v) is 7.02. The van der Waals surface area contributed by atoms with E-state index in [0.29, 0.717) is 17.9 Å². The van der Waals surface area contributed by atoms with E-state index in [-0.39, 0.29) is 5.91 Å². The van der Waals surface area contributed by atoms with Crippen molar-refractivity contribution in [3.8, 4) is 0 Å². The Kier molecular flexibility index (Phi) is 5.96. The summed E-state index contributed by atoms with van der Waals surface area (Å²) in [6.07, 6.45) is 6.76. The molecule has 0 heterocycles. The van der Waals surface area contributed by atoms with Crippen LogP contribution in [0.5, 0.6) is 0 Å². The molecule has 0 aromatic heterocycles. The van der Waals surface area contributed by atoms with Gasteiger partial charge in [0.1, 0.15) is 0 Å². The molecule has 0 aromatic carbocycles. The fourth-order valence-corrected chi connectivity index (χ4v) is 2.45. The predicted octanol–water partition coefficient (Wildman–Crippen LogP) is 2.46. The predicted molar refractivity (Wildman–Crippen MR) is 72.0 cm³/mol. The van der Waals surface area contributed by atoms with E-state index >= 15 is 0 Å². The average Bonchev–Trinajstić information content (AvgIpc) is 2.69. The first kappa shape index (κ1) is 14.5. The van der Waals surface area contributed by atoms with Crippen molar-refractivity contribution in [3.05, 3.63) is 0 Å². The maximum Gasteiger partial charge on any atom is 0.220 e.